The van der Waals surface area contributed by atoms with Crippen molar-refractivity contribution < 1.29 is 0 Å². The Morgan fingerprint density at radius 2 is 1.88 bits per heavy atom. The Morgan fingerprint density at radius 3 is 2.44 bits per heavy atom. The van der Waals surface area contributed by atoms with Gasteiger partial charge in [-0.2, -0.15) is 4.91 Å². The van der Waals surface area contributed by atoms with E-state index < -0.39 is 0 Å². The highest BCUT2D eigenvalue weighted by atomic mass is 16.3. The van der Waals surface area contributed by atoms with Crippen LogP contribution in [-0.4, -0.2) is 4.98 Å². The van der Waals surface area contributed by atoms with Crippen LogP contribution < -0.4 is 0 Å². The van der Waals surface area contributed by atoms with Crippen LogP contribution in [0.2, 0.25) is 0 Å². The summed E-state index contributed by atoms with van der Waals surface area (Å²) in [6.07, 6.45) is 1.69. The van der Waals surface area contributed by atoms with Gasteiger partial charge in [0.2, 0.25) is 0 Å². The SMILES string of the molecule is Cc1ccc(-c2ccc(CN=O)cn2)cc1. The van der Waals surface area contributed by atoms with Crippen molar-refractivity contribution in [1.82, 2.24) is 4.98 Å². The van der Waals surface area contributed by atoms with Crippen molar-refractivity contribution in [3.63, 3.8) is 0 Å². The molecular formula is C13H12N2O. The first-order valence-electron chi connectivity index (χ1n) is 5.10. The van der Waals surface area contributed by atoms with Crippen LogP contribution in [0.5, 0.6) is 0 Å². The van der Waals surface area contributed by atoms with Crippen molar-refractivity contribution in [1.29, 1.82) is 0 Å². The maximum absolute atomic E-state index is 10.1. The second-order valence-corrected chi connectivity index (χ2v) is 3.70. The predicted molar refractivity (Wildman–Crippen MR) is 63.9 cm³/mol. The first kappa shape index (κ1) is 10.5. The van der Waals surface area contributed by atoms with Crippen molar-refractivity contribution >= 4 is 0 Å². The summed E-state index contributed by atoms with van der Waals surface area (Å²) < 4.78 is 0. The number of rotatable bonds is 3. The Morgan fingerprint density at radius 1 is 1.12 bits per heavy atom. The number of nitroso groups, excluding NO2 is 1. The van der Waals surface area contributed by atoms with Gasteiger partial charge in [0.05, 0.1) is 5.69 Å². The molecule has 0 aliphatic heterocycles. The van der Waals surface area contributed by atoms with Gasteiger partial charge in [-0.25, -0.2) is 0 Å². The van der Waals surface area contributed by atoms with Crippen LogP contribution in [0.3, 0.4) is 0 Å². The molecule has 0 aliphatic carbocycles. The molecule has 0 atom stereocenters. The van der Waals surface area contributed by atoms with Crippen LogP contribution in [0.25, 0.3) is 11.3 Å². The zero-order chi connectivity index (χ0) is 11.4. The molecule has 0 unspecified atom stereocenters. The van der Waals surface area contributed by atoms with Crippen LogP contribution in [0, 0.1) is 11.8 Å². The van der Waals surface area contributed by atoms with Crippen LogP contribution in [0.1, 0.15) is 11.1 Å². The summed E-state index contributed by atoms with van der Waals surface area (Å²) in [7, 11) is 0. The third-order valence-corrected chi connectivity index (χ3v) is 2.42. The molecule has 16 heavy (non-hydrogen) atoms. The minimum absolute atomic E-state index is 0.182. The lowest BCUT2D eigenvalue weighted by Gasteiger charge is -2.02. The first-order valence-corrected chi connectivity index (χ1v) is 5.10. The fourth-order valence-electron chi connectivity index (χ4n) is 1.49. The maximum Gasteiger partial charge on any atom is 0.108 e. The summed E-state index contributed by atoms with van der Waals surface area (Å²) in [5, 5.41) is 2.83. The second-order valence-electron chi connectivity index (χ2n) is 3.70. The molecule has 0 aliphatic rings. The standard InChI is InChI=1S/C13H12N2O/c1-10-2-5-12(6-3-10)13-7-4-11(8-14-13)9-15-16/h2-8H,9H2,1H3. The van der Waals surface area contributed by atoms with Crippen LogP contribution in [-0.2, 0) is 6.54 Å². The quantitative estimate of drug-likeness (QED) is 0.732. The highest BCUT2D eigenvalue weighted by Crippen LogP contribution is 2.17. The van der Waals surface area contributed by atoms with E-state index in [0.717, 1.165) is 16.8 Å². The smallest absolute Gasteiger partial charge is 0.108 e. The Bertz CT molecular complexity index is 474. The maximum atomic E-state index is 10.1. The molecule has 2 rings (SSSR count). The van der Waals surface area contributed by atoms with Crippen molar-refractivity contribution in [2.24, 2.45) is 5.18 Å². The van der Waals surface area contributed by atoms with Gasteiger partial charge in [0.1, 0.15) is 6.54 Å². The highest BCUT2D eigenvalue weighted by Gasteiger charge is 1.99. The zero-order valence-electron chi connectivity index (χ0n) is 9.05. The minimum Gasteiger partial charge on any atom is -0.256 e. The first-order chi connectivity index (χ1) is 7.79. The Labute approximate surface area is 94.1 Å². The molecule has 1 aromatic heterocycles. The number of nitrogens with zero attached hydrogens (tertiary/aromatic N) is 2. The van der Waals surface area contributed by atoms with Gasteiger partial charge in [-0.3, -0.25) is 4.98 Å². The molecule has 0 fully saturated rings. The van der Waals surface area contributed by atoms with Crippen molar-refractivity contribution in [2.45, 2.75) is 13.5 Å². The van der Waals surface area contributed by atoms with Crippen LogP contribution in [0.4, 0.5) is 0 Å². The Kier molecular flexibility index (Phi) is 3.05. The summed E-state index contributed by atoms with van der Waals surface area (Å²) in [6, 6.07) is 12.0. The van der Waals surface area contributed by atoms with Gasteiger partial charge in [-0.1, -0.05) is 41.1 Å². The topological polar surface area (TPSA) is 42.3 Å². The van der Waals surface area contributed by atoms with Crippen LogP contribution >= 0.6 is 0 Å². The molecule has 2 aromatic rings. The fourth-order valence-corrected chi connectivity index (χ4v) is 1.49. The molecule has 0 spiro atoms. The van der Waals surface area contributed by atoms with E-state index >= 15 is 0 Å². The van der Waals surface area contributed by atoms with E-state index in [-0.39, 0.29) is 6.54 Å². The lowest BCUT2D eigenvalue weighted by atomic mass is 10.1. The fraction of sp³-hybridized carbons (Fsp3) is 0.154. The lowest BCUT2D eigenvalue weighted by molar-refractivity contribution is 1.04. The monoisotopic (exact) mass is 212 g/mol. The van der Waals surface area contributed by atoms with E-state index in [1.54, 1.807) is 6.20 Å². The normalized spacial score (nSPS) is 10.1. The molecule has 80 valence electrons. The van der Waals surface area contributed by atoms with E-state index in [0.29, 0.717) is 0 Å². The molecule has 1 aromatic carbocycles. The molecule has 0 bridgehead atoms. The molecule has 0 saturated carbocycles. The van der Waals surface area contributed by atoms with Crippen molar-refractivity contribution in [3.05, 3.63) is 58.6 Å². The average Bonchev–Trinajstić information content (AvgIpc) is 2.32. The van der Waals surface area contributed by atoms with Gasteiger partial charge < -0.3 is 0 Å². The predicted octanol–water partition coefficient (Wildman–Crippen LogP) is 3.32. The largest absolute Gasteiger partial charge is 0.256 e. The molecule has 3 heteroatoms. The molecule has 3 nitrogen and oxygen atoms in total. The van der Waals surface area contributed by atoms with Gasteiger partial charge in [-0.15, -0.1) is 0 Å². The Balaban J connectivity index is 2.27. The third-order valence-electron chi connectivity index (χ3n) is 2.42. The minimum atomic E-state index is 0.182. The van der Waals surface area contributed by atoms with Crippen molar-refractivity contribution in [2.75, 3.05) is 0 Å². The molecule has 0 saturated heterocycles. The molecule has 0 radical (unpaired) electrons. The van der Waals surface area contributed by atoms with Gasteiger partial charge in [0, 0.05) is 11.8 Å². The summed E-state index contributed by atoms with van der Waals surface area (Å²) in [5.41, 5.74) is 4.06. The van der Waals surface area contributed by atoms with E-state index in [9.17, 15) is 4.91 Å². The number of hydrogen-bond acceptors (Lipinski definition) is 3. The average molecular weight is 212 g/mol. The molecule has 0 amide bonds. The molecular weight excluding hydrogens is 200 g/mol. The second kappa shape index (κ2) is 4.66. The molecule has 1 heterocycles. The van der Waals surface area contributed by atoms with Gasteiger partial charge in [0.15, 0.2) is 0 Å². The third kappa shape index (κ3) is 2.31. The molecule has 0 N–H and O–H groups in total. The summed E-state index contributed by atoms with van der Waals surface area (Å²) in [4.78, 5) is 14.4. The van der Waals surface area contributed by atoms with Crippen LogP contribution in [0.15, 0.2) is 47.8 Å². The number of hydrogen-bond donors (Lipinski definition) is 0. The Hall–Kier alpha value is -2.03. The van der Waals surface area contributed by atoms with E-state index in [1.165, 1.54) is 5.56 Å². The number of benzene rings is 1. The van der Waals surface area contributed by atoms with E-state index in [4.69, 9.17) is 0 Å². The van der Waals surface area contributed by atoms with Gasteiger partial charge in [-0.05, 0) is 18.6 Å². The number of pyridine rings is 1. The number of aromatic nitrogens is 1. The lowest BCUT2D eigenvalue weighted by Crippen LogP contribution is -1.87. The van der Waals surface area contributed by atoms with E-state index in [2.05, 4.69) is 29.2 Å². The summed E-state index contributed by atoms with van der Waals surface area (Å²) >= 11 is 0. The summed E-state index contributed by atoms with van der Waals surface area (Å²) in [6.45, 7) is 2.23. The highest BCUT2D eigenvalue weighted by molar-refractivity contribution is 5.59. The number of aryl methyl sites for hydroxylation is 1. The zero-order valence-corrected chi connectivity index (χ0v) is 9.05. The van der Waals surface area contributed by atoms with Gasteiger partial charge in [0.25, 0.3) is 0 Å². The van der Waals surface area contributed by atoms with E-state index in [1.807, 2.05) is 24.3 Å². The van der Waals surface area contributed by atoms with Crippen molar-refractivity contribution in [3.8, 4) is 11.3 Å². The van der Waals surface area contributed by atoms with Gasteiger partial charge >= 0.3 is 0 Å². The summed E-state index contributed by atoms with van der Waals surface area (Å²) in [5.74, 6) is 0.